The molecule has 16 heavy (non-hydrogen) atoms. The molecule has 0 saturated carbocycles. The van der Waals surface area contributed by atoms with Gasteiger partial charge >= 0.3 is 0 Å². The lowest BCUT2D eigenvalue weighted by molar-refractivity contribution is 0.0688. The maximum absolute atomic E-state index is 5.32. The fraction of sp³-hybridized carbons (Fsp3) is 0.750. The first-order chi connectivity index (χ1) is 7.93. The lowest BCUT2D eigenvalue weighted by Gasteiger charge is -2.02. The second-order valence-corrected chi connectivity index (χ2v) is 3.05. The Kier molecular flexibility index (Phi) is 11.5. The number of rotatable bonds is 8. The molecule has 0 saturated heterocycles. The van der Waals surface area contributed by atoms with Gasteiger partial charge in [0.25, 0.3) is 0 Å². The number of aryl methyl sites for hydroxylation is 1. The topological polar surface area (TPSA) is 44.5 Å². The summed E-state index contributed by atoms with van der Waals surface area (Å²) in [6.45, 7) is 6.14. The molecule has 0 radical (unpaired) electrons. The second-order valence-electron chi connectivity index (χ2n) is 3.05. The van der Waals surface area contributed by atoms with Gasteiger partial charge in [0.1, 0.15) is 6.26 Å². The van der Waals surface area contributed by atoms with Gasteiger partial charge in [-0.05, 0) is 19.3 Å². The van der Waals surface area contributed by atoms with E-state index in [1.54, 1.807) is 13.4 Å². The van der Waals surface area contributed by atoms with E-state index in [0.717, 1.165) is 31.6 Å². The van der Waals surface area contributed by atoms with E-state index in [0.29, 0.717) is 13.2 Å². The Morgan fingerprint density at radius 3 is 2.62 bits per heavy atom. The normalized spacial score (nSPS) is 9.69. The summed E-state index contributed by atoms with van der Waals surface area (Å²) in [5.74, 6) is 0. The Morgan fingerprint density at radius 2 is 2.00 bits per heavy atom. The molecular weight excluding hydrogens is 206 g/mol. The third-order valence-electron chi connectivity index (χ3n) is 1.89. The van der Waals surface area contributed by atoms with Crippen LogP contribution < -0.4 is 0 Å². The molecule has 0 amide bonds. The molecule has 4 heteroatoms. The van der Waals surface area contributed by atoms with Crippen LogP contribution in [0.15, 0.2) is 16.9 Å². The summed E-state index contributed by atoms with van der Waals surface area (Å²) in [7, 11) is 1.67. The summed E-state index contributed by atoms with van der Waals surface area (Å²) in [6, 6.07) is 1.89. The molecule has 0 fully saturated rings. The van der Waals surface area contributed by atoms with Crippen molar-refractivity contribution >= 4 is 0 Å². The highest BCUT2D eigenvalue weighted by Gasteiger charge is 1.96. The van der Waals surface area contributed by atoms with Gasteiger partial charge in [0.05, 0.1) is 18.9 Å². The van der Waals surface area contributed by atoms with Gasteiger partial charge in [-0.25, -0.2) is 0 Å². The van der Waals surface area contributed by atoms with Gasteiger partial charge in [-0.15, -0.1) is 0 Å². The zero-order valence-electron chi connectivity index (χ0n) is 10.6. The number of methoxy groups -OCH3 is 1. The minimum atomic E-state index is 0.670. The third-order valence-corrected chi connectivity index (χ3v) is 1.89. The van der Waals surface area contributed by atoms with Crippen molar-refractivity contribution in [2.24, 2.45) is 0 Å². The summed E-state index contributed by atoms with van der Waals surface area (Å²) >= 11 is 0. The van der Waals surface area contributed by atoms with E-state index in [4.69, 9.17) is 14.0 Å². The van der Waals surface area contributed by atoms with Crippen molar-refractivity contribution in [2.45, 2.75) is 33.1 Å². The van der Waals surface area contributed by atoms with Crippen molar-refractivity contribution < 1.29 is 14.0 Å². The number of unbranched alkanes of at least 4 members (excludes halogenated alkanes) is 1. The van der Waals surface area contributed by atoms with Gasteiger partial charge in [-0.2, -0.15) is 0 Å². The molecular formula is C12H23NO3. The number of ether oxygens (including phenoxy) is 2. The molecule has 0 aliphatic rings. The lowest BCUT2D eigenvalue weighted by atomic mass is 10.2. The molecule has 1 aromatic heterocycles. The van der Waals surface area contributed by atoms with Crippen molar-refractivity contribution in [3.05, 3.63) is 18.0 Å². The largest absolute Gasteiger partial charge is 0.382 e. The molecule has 0 aliphatic heterocycles. The van der Waals surface area contributed by atoms with Crippen LogP contribution in [-0.4, -0.2) is 32.1 Å². The molecule has 0 aliphatic carbocycles. The molecule has 0 spiro atoms. The van der Waals surface area contributed by atoms with Crippen LogP contribution in [0.3, 0.4) is 0 Å². The highest BCUT2D eigenvalue weighted by Crippen LogP contribution is 2.01. The number of aromatic nitrogens is 1. The van der Waals surface area contributed by atoms with Gasteiger partial charge in [-0.3, -0.25) is 0 Å². The Labute approximate surface area is 97.9 Å². The van der Waals surface area contributed by atoms with Crippen LogP contribution in [0.1, 0.15) is 32.4 Å². The SMILES string of the molecule is CC.COCCOCCCCc1ccon1. The van der Waals surface area contributed by atoms with Gasteiger partial charge in [-0.1, -0.05) is 19.0 Å². The third kappa shape index (κ3) is 8.44. The minimum Gasteiger partial charge on any atom is -0.382 e. The predicted octanol–water partition coefficient (Wildman–Crippen LogP) is 2.69. The maximum atomic E-state index is 5.32. The summed E-state index contributed by atoms with van der Waals surface area (Å²) < 4.78 is 14.9. The molecule has 0 atom stereocenters. The van der Waals surface area contributed by atoms with Crippen molar-refractivity contribution in [1.82, 2.24) is 5.16 Å². The van der Waals surface area contributed by atoms with Crippen LogP contribution in [0, 0.1) is 0 Å². The van der Waals surface area contributed by atoms with Crippen molar-refractivity contribution in [2.75, 3.05) is 26.9 Å². The smallest absolute Gasteiger partial charge is 0.124 e. The van der Waals surface area contributed by atoms with Gasteiger partial charge < -0.3 is 14.0 Å². The zero-order valence-corrected chi connectivity index (χ0v) is 10.6. The molecule has 0 aromatic carbocycles. The van der Waals surface area contributed by atoms with Crippen LogP contribution in [0.5, 0.6) is 0 Å². The molecule has 94 valence electrons. The fourth-order valence-corrected chi connectivity index (χ4v) is 1.12. The lowest BCUT2D eigenvalue weighted by Crippen LogP contribution is -2.03. The number of nitrogens with zero attached hydrogens (tertiary/aromatic N) is 1. The fourth-order valence-electron chi connectivity index (χ4n) is 1.12. The van der Waals surface area contributed by atoms with E-state index in [9.17, 15) is 0 Å². The summed E-state index contributed by atoms with van der Waals surface area (Å²) in [5.41, 5.74) is 1.02. The first kappa shape index (κ1) is 15.1. The average Bonchev–Trinajstić information content (AvgIpc) is 2.84. The predicted molar refractivity (Wildman–Crippen MR) is 63.5 cm³/mol. The zero-order chi connectivity index (χ0) is 12.1. The van der Waals surface area contributed by atoms with E-state index in [1.165, 1.54) is 0 Å². The van der Waals surface area contributed by atoms with Crippen LogP contribution in [0.2, 0.25) is 0 Å². The maximum Gasteiger partial charge on any atom is 0.124 e. The Hall–Kier alpha value is -0.870. The number of hydrogen-bond donors (Lipinski definition) is 0. The van der Waals surface area contributed by atoms with Gasteiger partial charge in [0.15, 0.2) is 0 Å². The Balaban J connectivity index is 0.00000106. The summed E-state index contributed by atoms with van der Waals surface area (Å²) in [6.07, 6.45) is 4.70. The van der Waals surface area contributed by atoms with Crippen LogP contribution in [0.4, 0.5) is 0 Å². The molecule has 0 bridgehead atoms. The van der Waals surface area contributed by atoms with Crippen molar-refractivity contribution in [3.8, 4) is 0 Å². The van der Waals surface area contributed by atoms with Crippen LogP contribution in [-0.2, 0) is 15.9 Å². The minimum absolute atomic E-state index is 0.670. The van der Waals surface area contributed by atoms with E-state index in [2.05, 4.69) is 5.16 Å². The van der Waals surface area contributed by atoms with Crippen molar-refractivity contribution in [3.63, 3.8) is 0 Å². The molecule has 0 unspecified atom stereocenters. The van der Waals surface area contributed by atoms with Crippen molar-refractivity contribution in [1.29, 1.82) is 0 Å². The van der Waals surface area contributed by atoms with E-state index in [-0.39, 0.29) is 0 Å². The summed E-state index contributed by atoms with van der Waals surface area (Å²) in [4.78, 5) is 0. The second kappa shape index (κ2) is 12.2. The standard InChI is InChI=1S/C10H17NO3.C2H6/c1-12-8-9-13-6-3-2-4-10-5-7-14-11-10;1-2/h5,7H,2-4,6,8-9H2,1H3;1-2H3. The number of hydrogen-bond acceptors (Lipinski definition) is 4. The Bertz CT molecular complexity index is 212. The van der Waals surface area contributed by atoms with Gasteiger partial charge in [0.2, 0.25) is 0 Å². The van der Waals surface area contributed by atoms with E-state index >= 15 is 0 Å². The molecule has 1 aromatic rings. The monoisotopic (exact) mass is 229 g/mol. The van der Waals surface area contributed by atoms with E-state index < -0.39 is 0 Å². The average molecular weight is 229 g/mol. The van der Waals surface area contributed by atoms with Crippen LogP contribution in [0.25, 0.3) is 0 Å². The Morgan fingerprint density at radius 1 is 1.19 bits per heavy atom. The first-order valence-corrected chi connectivity index (χ1v) is 5.89. The summed E-state index contributed by atoms with van der Waals surface area (Å²) in [5, 5.41) is 3.83. The first-order valence-electron chi connectivity index (χ1n) is 5.89. The van der Waals surface area contributed by atoms with Gasteiger partial charge in [0, 0.05) is 19.8 Å². The van der Waals surface area contributed by atoms with Crippen LogP contribution >= 0.6 is 0 Å². The molecule has 4 nitrogen and oxygen atoms in total. The van der Waals surface area contributed by atoms with E-state index in [1.807, 2.05) is 19.9 Å². The molecule has 1 heterocycles. The highest BCUT2D eigenvalue weighted by atomic mass is 16.5. The highest BCUT2D eigenvalue weighted by molar-refractivity contribution is 4.94. The quantitative estimate of drug-likeness (QED) is 0.643. The molecule has 0 N–H and O–H groups in total. The molecule has 1 rings (SSSR count).